The van der Waals surface area contributed by atoms with Crippen LogP contribution in [0.4, 0.5) is 18.0 Å². The van der Waals surface area contributed by atoms with Crippen LogP contribution in [0.15, 0.2) is 30.3 Å². The van der Waals surface area contributed by atoms with E-state index in [1.165, 1.54) is 29.2 Å². The molecular weight excluding hydrogens is 454 g/mol. The van der Waals surface area contributed by atoms with Gasteiger partial charge in [0, 0.05) is 22.7 Å². The Kier molecular flexibility index (Phi) is 9.85. The highest BCUT2D eigenvalue weighted by Crippen LogP contribution is 2.39. The van der Waals surface area contributed by atoms with Gasteiger partial charge in [-0.15, -0.1) is 12.4 Å². The van der Waals surface area contributed by atoms with Crippen molar-refractivity contribution in [3.8, 4) is 16.9 Å². The van der Waals surface area contributed by atoms with Crippen LogP contribution in [0, 0.1) is 5.82 Å². The average Bonchev–Trinajstić information content (AvgIpc) is 2.65. The molecule has 2 aromatic carbocycles. The second-order valence-corrected chi connectivity index (χ2v) is 6.58. The van der Waals surface area contributed by atoms with E-state index in [1.807, 2.05) is 5.43 Å². The summed E-state index contributed by atoms with van der Waals surface area (Å²) < 4.78 is 44.8. The van der Waals surface area contributed by atoms with Gasteiger partial charge in [0.2, 0.25) is 0 Å². The zero-order valence-electron chi connectivity index (χ0n) is 15.2. The molecule has 0 bridgehead atoms. The van der Waals surface area contributed by atoms with E-state index in [2.05, 4.69) is 0 Å². The van der Waals surface area contributed by atoms with E-state index in [0.29, 0.717) is 12.1 Å². The number of amides is 2. The van der Waals surface area contributed by atoms with Gasteiger partial charge in [-0.05, 0) is 30.7 Å². The van der Waals surface area contributed by atoms with Gasteiger partial charge < -0.3 is 9.64 Å². The molecule has 0 aliphatic heterocycles. The van der Waals surface area contributed by atoms with Crippen LogP contribution >= 0.6 is 35.6 Å². The van der Waals surface area contributed by atoms with Gasteiger partial charge in [0.25, 0.3) is 6.43 Å². The second-order valence-electron chi connectivity index (χ2n) is 5.74. The third-order valence-electron chi connectivity index (χ3n) is 3.88. The van der Waals surface area contributed by atoms with E-state index >= 15 is 0 Å². The highest BCUT2D eigenvalue weighted by Gasteiger charge is 2.18. The minimum absolute atomic E-state index is 0. The zero-order valence-corrected chi connectivity index (χ0v) is 17.6. The first-order valence-corrected chi connectivity index (χ1v) is 8.96. The quantitative estimate of drug-likeness (QED) is 0.328. The molecule has 0 radical (unpaired) electrons. The second kappa shape index (κ2) is 11.3. The first kappa shape index (κ1) is 25.2. The molecule has 2 rings (SSSR count). The maximum Gasteiger partial charge on any atom is 0.331 e. The van der Waals surface area contributed by atoms with E-state index in [-0.39, 0.29) is 45.9 Å². The minimum atomic E-state index is -2.70. The van der Waals surface area contributed by atoms with Crippen LogP contribution in [-0.2, 0) is 6.54 Å². The van der Waals surface area contributed by atoms with Gasteiger partial charge in [0.05, 0.1) is 11.6 Å². The maximum atomic E-state index is 14.6. The molecular formula is C18H19Cl3F3N3O2. The van der Waals surface area contributed by atoms with E-state index in [0.717, 1.165) is 0 Å². The molecule has 0 unspecified atom stereocenters. The van der Waals surface area contributed by atoms with Crippen molar-refractivity contribution < 1.29 is 22.7 Å². The standard InChI is InChI=1S/C18H18Cl2F3N3O2.ClH/c1-2-26(18(27)25-24)8-11-4-3-10(5-15(11)21)13-6-12(19)7-14(20)17(13)28-9-16(22)23;/h3-7,16H,2,8-9,24H2,1H3,(H,25,27);1H. The van der Waals surface area contributed by atoms with Crippen LogP contribution in [0.5, 0.6) is 5.75 Å². The Bertz CT molecular complexity index is 857. The number of nitrogens with two attached hydrogens (primary N) is 1. The monoisotopic (exact) mass is 471 g/mol. The fourth-order valence-corrected chi connectivity index (χ4v) is 3.08. The molecule has 0 fully saturated rings. The lowest BCUT2D eigenvalue weighted by molar-refractivity contribution is 0.0822. The first-order valence-electron chi connectivity index (χ1n) is 8.21. The number of ether oxygens (including phenoxy) is 1. The van der Waals surface area contributed by atoms with Gasteiger partial charge in [-0.3, -0.25) is 5.43 Å². The van der Waals surface area contributed by atoms with Gasteiger partial charge in [0.1, 0.15) is 18.2 Å². The zero-order chi connectivity index (χ0) is 20.8. The number of urea groups is 1. The third-order valence-corrected chi connectivity index (χ3v) is 4.38. The summed E-state index contributed by atoms with van der Waals surface area (Å²) in [7, 11) is 0. The molecule has 11 heteroatoms. The fraction of sp³-hybridized carbons (Fsp3) is 0.278. The smallest absolute Gasteiger partial charge is 0.331 e. The highest BCUT2D eigenvalue weighted by atomic mass is 35.5. The van der Waals surface area contributed by atoms with E-state index in [4.69, 9.17) is 33.8 Å². The SMILES string of the molecule is CCN(Cc1ccc(-c2cc(Cl)cc(Cl)c2OCC(F)F)cc1F)C(=O)NN.Cl. The maximum absolute atomic E-state index is 14.6. The van der Waals surface area contributed by atoms with Crippen molar-refractivity contribution in [3.05, 3.63) is 51.8 Å². The number of halogens is 6. The predicted molar refractivity (Wildman–Crippen MR) is 109 cm³/mol. The van der Waals surface area contributed by atoms with Crippen LogP contribution in [0.2, 0.25) is 10.0 Å². The Morgan fingerprint density at radius 1 is 1.28 bits per heavy atom. The van der Waals surface area contributed by atoms with Crippen molar-refractivity contribution >= 4 is 41.6 Å². The van der Waals surface area contributed by atoms with Gasteiger partial charge in [-0.25, -0.2) is 23.8 Å². The Balaban J connectivity index is 0.00000420. The van der Waals surface area contributed by atoms with Crippen LogP contribution in [0.1, 0.15) is 12.5 Å². The summed E-state index contributed by atoms with van der Waals surface area (Å²) in [6, 6.07) is 6.48. The molecule has 0 aliphatic carbocycles. The molecule has 0 atom stereocenters. The highest BCUT2D eigenvalue weighted by molar-refractivity contribution is 6.36. The summed E-state index contributed by atoms with van der Waals surface area (Å²) in [5.41, 5.74) is 2.85. The van der Waals surface area contributed by atoms with Crippen molar-refractivity contribution in [2.75, 3.05) is 13.2 Å². The van der Waals surface area contributed by atoms with Crippen molar-refractivity contribution in [1.82, 2.24) is 10.3 Å². The van der Waals surface area contributed by atoms with E-state index < -0.39 is 24.9 Å². The topological polar surface area (TPSA) is 67.6 Å². The summed E-state index contributed by atoms with van der Waals surface area (Å²) in [6.07, 6.45) is -2.70. The first-order chi connectivity index (χ1) is 13.3. The number of hydrazine groups is 1. The van der Waals surface area contributed by atoms with Crippen LogP contribution in [0.3, 0.4) is 0 Å². The molecule has 0 heterocycles. The van der Waals surface area contributed by atoms with Crippen LogP contribution in [-0.4, -0.2) is 30.5 Å². The summed E-state index contributed by atoms with van der Waals surface area (Å²) in [5.74, 6) is 4.49. The predicted octanol–water partition coefficient (Wildman–Crippen LogP) is 5.27. The third kappa shape index (κ3) is 6.57. The van der Waals surface area contributed by atoms with Crippen LogP contribution < -0.4 is 16.0 Å². The number of hydrogen-bond acceptors (Lipinski definition) is 3. The van der Waals surface area contributed by atoms with Crippen molar-refractivity contribution in [2.45, 2.75) is 19.9 Å². The Hall–Kier alpha value is -1.87. The van der Waals surface area contributed by atoms with E-state index in [9.17, 15) is 18.0 Å². The molecule has 0 aliphatic rings. The Morgan fingerprint density at radius 2 is 1.97 bits per heavy atom. The molecule has 0 saturated heterocycles. The molecule has 5 nitrogen and oxygen atoms in total. The van der Waals surface area contributed by atoms with Gasteiger partial charge in [-0.2, -0.15) is 0 Å². The van der Waals surface area contributed by atoms with Gasteiger partial charge in [0.15, 0.2) is 0 Å². The van der Waals surface area contributed by atoms with Gasteiger partial charge in [-0.1, -0.05) is 35.3 Å². The van der Waals surface area contributed by atoms with Crippen molar-refractivity contribution in [1.29, 1.82) is 0 Å². The Morgan fingerprint density at radius 3 is 2.52 bits per heavy atom. The Labute approximate surface area is 182 Å². The normalized spacial score (nSPS) is 10.5. The lowest BCUT2D eigenvalue weighted by Crippen LogP contribution is -2.42. The minimum Gasteiger partial charge on any atom is -0.485 e. The molecule has 29 heavy (non-hydrogen) atoms. The average molecular weight is 473 g/mol. The van der Waals surface area contributed by atoms with E-state index in [1.54, 1.807) is 13.0 Å². The number of rotatable bonds is 7. The molecule has 0 spiro atoms. The van der Waals surface area contributed by atoms with Crippen LogP contribution in [0.25, 0.3) is 11.1 Å². The summed E-state index contributed by atoms with van der Waals surface area (Å²) in [6.45, 7) is 1.17. The largest absolute Gasteiger partial charge is 0.485 e. The molecule has 0 saturated carbocycles. The molecule has 2 amide bonds. The molecule has 0 aromatic heterocycles. The number of alkyl halides is 2. The molecule has 2 aromatic rings. The fourth-order valence-electron chi connectivity index (χ4n) is 2.54. The summed E-state index contributed by atoms with van der Waals surface area (Å²) in [5, 5.41) is 0.273. The number of carbonyl (C=O) groups excluding carboxylic acids is 1. The number of hydrogen-bond donors (Lipinski definition) is 2. The van der Waals surface area contributed by atoms with Gasteiger partial charge >= 0.3 is 6.03 Å². The number of nitrogens with zero attached hydrogens (tertiary/aromatic N) is 1. The molecule has 160 valence electrons. The summed E-state index contributed by atoms with van der Waals surface area (Å²) in [4.78, 5) is 13.0. The molecule has 3 N–H and O–H groups in total. The number of carbonyl (C=O) groups is 1. The van der Waals surface area contributed by atoms with Crippen molar-refractivity contribution in [3.63, 3.8) is 0 Å². The number of nitrogens with one attached hydrogen (secondary N) is 1. The lowest BCUT2D eigenvalue weighted by Gasteiger charge is -2.20. The number of benzene rings is 2. The summed E-state index contributed by atoms with van der Waals surface area (Å²) >= 11 is 12.1. The van der Waals surface area contributed by atoms with Crippen molar-refractivity contribution in [2.24, 2.45) is 5.84 Å². The lowest BCUT2D eigenvalue weighted by atomic mass is 10.0.